The number of ether oxygens (including phenoxy) is 2. The monoisotopic (exact) mass is 355 g/mol. The number of rotatable bonds is 5. The van der Waals surface area contributed by atoms with E-state index in [9.17, 15) is 9.59 Å². The second-order valence-corrected chi connectivity index (χ2v) is 7.10. The topological polar surface area (TPSA) is 55.8 Å². The third-order valence-electron chi connectivity index (χ3n) is 4.63. The highest BCUT2D eigenvalue weighted by molar-refractivity contribution is 6.36. The fraction of sp³-hybridized carbons (Fsp3) is 0.429. The van der Waals surface area contributed by atoms with Crippen molar-refractivity contribution in [3.05, 3.63) is 42.0 Å². The molecule has 0 radical (unpaired) electrons. The molecule has 0 aromatic heterocycles. The summed E-state index contributed by atoms with van der Waals surface area (Å²) in [6.45, 7) is 5.19. The molecule has 1 saturated heterocycles. The van der Waals surface area contributed by atoms with Gasteiger partial charge in [0.05, 0.1) is 20.3 Å². The van der Waals surface area contributed by atoms with E-state index in [2.05, 4.69) is 6.07 Å². The van der Waals surface area contributed by atoms with E-state index < -0.39 is 5.91 Å². The molecule has 2 aromatic carbocycles. The van der Waals surface area contributed by atoms with Gasteiger partial charge in [0.25, 0.3) is 5.91 Å². The van der Waals surface area contributed by atoms with E-state index in [1.54, 1.807) is 12.0 Å². The zero-order chi connectivity index (χ0) is 18.7. The minimum absolute atomic E-state index is 0.181. The Morgan fingerprint density at radius 3 is 2.65 bits per heavy atom. The van der Waals surface area contributed by atoms with Crippen molar-refractivity contribution in [1.29, 1.82) is 0 Å². The zero-order valence-corrected chi connectivity index (χ0v) is 15.5. The number of ketones is 1. The number of carbonyl (C=O) groups excluding carboxylic acids is 2. The number of carbonyl (C=O) groups is 2. The maximum atomic E-state index is 12.4. The molecule has 26 heavy (non-hydrogen) atoms. The summed E-state index contributed by atoms with van der Waals surface area (Å²) in [7, 11) is 1.65. The van der Waals surface area contributed by atoms with Crippen LogP contribution in [0.1, 0.15) is 31.9 Å². The Kier molecular flexibility index (Phi) is 5.57. The van der Waals surface area contributed by atoms with Crippen LogP contribution < -0.4 is 4.74 Å². The molecule has 0 N–H and O–H groups in total. The maximum Gasteiger partial charge on any atom is 0.290 e. The second-order valence-electron chi connectivity index (χ2n) is 7.10. The number of morpholine rings is 1. The first-order valence-electron chi connectivity index (χ1n) is 8.99. The Hall–Kier alpha value is -2.40. The number of hydrogen-bond acceptors (Lipinski definition) is 4. The van der Waals surface area contributed by atoms with Crippen LogP contribution in [0.25, 0.3) is 10.8 Å². The van der Waals surface area contributed by atoms with Crippen LogP contribution in [0.4, 0.5) is 0 Å². The van der Waals surface area contributed by atoms with E-state index in [1.807, 2.05) is 44.2 Å². The van der Waals surface area contributed by atoms with Crippen molar-refractivity contribution in [2.75, 3.05) is 26.8 Å². The lowest BCUT2D eigenvalue weighted by Crippen LogP contribution is -2.45. The lowest BCUT2D eigenvalue weighted by molar-refractivity contribution is -0.150. The largest absolute Gasteiger partial charge is 0.497 e. The highest BCUT2D eigenvalue weighted by Gasteiger charge is 2.29. The zero-order valence-electron chi connectivity index (χ0n) is 15.5. The normalized spacial score (nSPS) is 17.5. The van der Waals surface area contributed by atoms with Crippen molar-refractivity contribution in [3.63, 3.8) is 0 Å². The quantitative estimate of drug-likeness (QED) is 0.772. The van der Waals surface area contributed by atoms with Gasteiger partial charge < -0.3 is 14.4 Å². The molecule has 0 bridgehead atoms. The summed E-state index contributed by atoms with van der Waals surface area (Å²) in [6, 6.07) is 12.0. The molecule has 1 atom stereocenters. The van der Waals surface area contributed by atoms with Gasteiger partial charge in [-0.2, -0.15) is 0 Å². The number of benzene rings is 2. The molecule has 3 rings (SSSR count). The van der Waals surface area contributed by atoms with E-state index in [1.165, 1.54) is 0 Å². The van der Waals surface area contributed by atoms with Crippen molar-refractivity contribution in [2.24, 2.45) is 5.92 Å². The van der Waals surface area contributed by atoms with Crippen molar-refractivity contribution in [1.82, 2.24) is 4.90 Å². The molecular weight excluding hydrogens is 330 g/mol. The summed E-state index contributed by atoms with van der Waals surface area (Å²) < 4.78 is 11.1. The Morgan fingerprint density at radius 1 is 1.19 bits per heavy atom. The first kappa shape index (κ1) is 18.4. The number of fused-ring (bicyclic) bond motifs is 1. The molecule has 1 aliphatic rings. The van der Waals surface area contributed by atoms with Crippen LogP contribution in [0, 0.1) is 5.92 Å². The molecule has 1 aliphatic heterocycles. The average Bonchev–Trinajstić information content (AvgIpc) is 2.66. The minimum atomic E-state index is -0.391. The highest BCUT2D eigenvalue weighted by atomic mass is 16.5. The summed E-state index contributed by atoms with van der Waals surface area (Å²) in [5.41, 5.74) is 1.01. The molecular formula is C21H25NO4. The van der Waals surface area contributed by atoms with Crippen LogP contribution >= 0.6 is 0 Å². The predicted molar refractivity (Wildman–Crippen MR) is 100 cm³/mol. The van der Waals surface area contributed by atoms with Crippen LogP contribution in [-0.2, 0) is 14.3 Å². The molecule has 0 unspecified atom stereocenters. The Bertz CT molecular complexity index is 815. The number of nitrogens with zero attached hydrogens (tertiary/aromatic N) is 1. The fourth-order valence-corrected chi connectivity index (χ4v) is 3.24. The first-order chi connectivity index (χ1) is 12.5. The fourth-order valence-electron chi connectivity index (χ4n) is 3.24. The van der Waals surface area contributed by atoms with E-state index >= 15 is 0 Å². The standard InChI is InChI=1S/C21H25NO4/c1-14(2)10-19(23)21(24)22-8-9-26-20(13-22)17-5-4-16-12-18(25-3)7-6-15(16)11-17/h4-7,11-12,14,20H,8-10,13H2,1-3H3/t20-/m0/s1. The first-order valence-corrected chi connectivity index (χ1v) is 8.99. The van der Waals surface area contributed by atoms with Gasteiger partial charge in [-0.25, -0.2) is 0 Å². The summed E-state index contributed by atoms with van der Waals surface area (Å²) in [4.78, 5) is 26.1. The third kappa shape index (κ3) is 4.05. The Balaban J connectivity index is 1.76. The van der Waals surface area contributed by atoms with Gasteiger partial charge in [-0.1, -0.05) is 32.0 Å². The van der Waals surface area contributed by atoms with Gasteiger partial charge in [-0.3, -0.25) is 9.59 Å². The summed E-state index contributed by atoms with van der Waals surface area (Å²) >= 11 is 0. The van der Waals surface area contributed by atoms with Crippen molar-refractivity contribution in [2.45, 2.75) is 26.4 Å². The maximum absolute atomic E-state index is 12.4. The van der Waals surface area contributed by atoms with Gasteiger partial charge in [-0.15, -0.1) is 0 Å². The predicted octanol–water partition coefficient (Wildman–Crippen LogP) is 3.36. The lowest BCUT2D eigenvalue weighted by atomic mass is 10.0. The Morgan fingerprint density at radius 2 is 1.92 bits per heavy atom. The molecule has 1 fully saturated rings. The SMILES string of the molecule is COc1ccc2cc([C@@H]3CN(C(=O)C(=O)CC(C)C)CCO3)ccc2c1. The number of Topliss-reactive ketones (excluding diaryl/α,β-unsaturated/α-hetero) is 1. The van der Waals surface area contributed by atoms with Gasteiger partial charge in [0.1, 0.15) is 11.9 Å². The second kappa shape index (κ2) is 7.87. The smallest absolute Gasteiger partial charge is 0.290 e. The number of hydrogen-bond donors (Lipinski definition) is 0. The summed E-state index contributed by atoms with van der Waals surface area (Å²) in [5.74, 6) is 0.296. The number of amides is 1. The minimum Gasteiger partial charge on any atom is -0.497 e. The van der Waals surface area contributed by atoms with Crippen molar-refractivity contribution < 1.29 is 19.1 Å². The van der Waals surface area contributed by atoms with Gasteiger partial charge in [0, 0.05) is 13.0 Å². The van der Waals surface area contributed by atoms with Gasteiger partial charge in [0.15, 0.2) is 0 Å². The highest BCUT2D eigenvalue weighted by Crippen LogP contribution is 2.28. The van der Waals surface area contributed by atoms with E-state index in [0.29, 0.717) is 26.1 Å². The molecule has 0 aliphatic carbocycles. The molecule has 2 aromatic rings. The molecule has 0 spiro atoms. The molecule has 5 nitrogen and oxygen atoms in total. The van der Waals surface area contributed by atoms with Crippen LogP contribution in [0.3, 0.4) is 0 Å². The van der Waals surface area contributed by atoms with Gasteiger partial charge in [-0.05, 0) is 40.5 Å². The Labute approximate surface area is 153 Å². The number of methoxy groups -OCH3 is 1. The van der Waals surface area contributed by atoms with Crippen LogP contribution in [0.15, 0.2) is 36.4 Å². The molecule has 0 saturated carbocycles. The van der Waals surface area contributed by atoms with Gasteiger partial charge >= 0.3 is 0 Å². The van der Waals surface area contributed by atoms with E-state index in [4.69, 9.17) is 9.47 Å². The molecule has 138 valence electrons. The van der Waals surface area contributed by atoms with Crippen molar-refractivity contribution >= 4 is 22.5 Å². The third-order valence-corrected chi connectivity index (χ3v) is 4.63. The van der Waals surface area contributed by atoms with Crippen LogP contribution in [-0.4, -0.2) is 43.4 Å². The van der Waals surface area contributed by atoms with E-state index in [0.717, 1.165) is 22.1 Å². The summed E-state index contributed by atoms with van der Waals surface area (Å²) in [6.07, 6.45) is 0.0737. The van der Waals surface area contributed by atoms with Crippen LogP contribution in [0.5, 0.6) is 5.75 Å². The van der Waals surface area contributed by atoms with Crippen molar-refractivity contribution in [3.8, 4) is 5.75 Å². The lowest BCUT2D eigenvalue weighted by Gasteiger charge is -2.33. The summed E-state index contributed by atoms with van der Waals surface area (Å²) in [5, 5.41) is 2.18. The average molecular weight is 355 g/mol. The molecule has 1 heterocycles. The van der Waals surface area contributed by atoms with Gasteiger partial charge in [0.2, 0.25) is 5.78 Å². The molecule has 5 heteroatoms. The molecule has 1 amide bonds. The van der Waals surface area contributed by atoms with Crippen LogP contribution in [0.2, 0.25) is 0 Å². The van der Waals surface area contributed by atoms with E-state index in [-0.39, 0.29) is 17.8 Å².